The first-order valence-electron chi connectivity index (χ1n) is 4.89. The number of hydrogen-bond donors (Lipinski definition) is 1. The molecule has 2 aromatic carbocycles. The maximum absolute atomic E-state index is 11.8. The van der Waals surface area contributed by atoms with E-state index < -0.39 is 0 Å². The van der Waals surface area contributed by atoms with Crippen molar-refractivity contribution in [2.45, 2.75) is 0 Å². The van der Waals surface area contributed by atoms with Crippen LogP contribution in [0.25, 0.3) is 0 Å². The maximum atomic E-state index is 11.8. The minimum Gasteiger partial charge on any atom is -0.322 e. The van der Waals surface area contributed by atoms with Gasteiger partial charge in [-0.1, -0.05) is 41.4 Å². The Morgan fingerprint density at radius 3 is 2.41 bits per heavy atom. The van der Waals surface area contributed by atoms with Gasteiger partial charge in [-0.15, -0.1) is 0 Å². The van der Waals surface area contributed by atoms with Crippen LogP contribution >= 0.6 is 23.2 Å². The molecular weight excluding hydrogens is 257 g/mol. The van der Waals surface area contributed by atoms with Gasteiger partial charge in [-0.3, -0.25) is 4.79 Å². The van der Waals surface area contributed by atoms with Crippen molar-refractivity contribution in [2.24, 2.45) is 0 Å². The zero-order valence-electron chi connectivity index (χ0n) is 8.71. The van der Waals surface area contributed by atoms with Crippen molar-refractivity contribution < 1.29 is 4.79 Å². The molecule has 1 amide bonds. The maximum Gasteiger partial charge on any atom is 0.256 e. The predicted octanol–water partition coefficient (Wildman–Crippen LogP) is 4.05. The fourth-order valence-corrected chi connectivity index (χ4v) is 1.89. The molecule has 0 heterocycles. The molecule has 0 spiro atoms. The summed E-state index contributed by atoms with van der Waals surface area (Å²) in [5, 5.41) is 3.65. The van der Waals surface area contributed by atoms with Gasteiger partial charge in [0.05, 0.1) is 0 Å². The van der Waals surface area contributed by atoms with Crippen molar-refractivity contribution in [1.82, 2.24) is 0 Å². The number of rotatable bonds is 2. The first-order chi connectivity index (χ1) is 8.15. The Bertz CT molecular complexity index is 520. The number of carbonyl (C=O) groups excluding carboxylic acids is 1. The average Bonchev–Trinajstić information content (AvgIpc) is 2.28. The molecule has 17 heavy (non-hydrogen) atoms. The molecule has 2 aromatic rings. The van der Waals surface area contributed by atoms with Crippen LogP contribution in [-0.2, 0) is 0 Å². The highest BCUT2D eigenvalue weighted by Crippen LogP contribution is 2.22. The minimum absolute atomic E-state index is 0.246. The molecule has 2 rings (SSSR count). The molecule has 0 saturated carbocycles. The lowest BCUT2D eigenvalue weighted by Crippen LogP contribution is -2.11. The third-order valence-electron chi connectivity index (χ3n) is 2.07. The number of carbonyl (C=O) groups is 1. The van der Waals surface area contributed by atoms with E-state index in [1.165, 1.54) is 0 Å². The van der Waals surface area contributed by atoms with Crippen LogP contribution in [0.2, 0.25) is 10.0 Å². The second-order valence-corrected chi connectivity index (χ2v) is 4.26. The SMILES string of the molecule is O=C(Nc1cc(Cl)cc(Cl)c1)c1[c]cccc1. The summed E-state index contributed by atoms with van der Waals surface area (Å²) in [6, 6.07) is 14.6. The molecule has 0 aliphatic rings. The molecule has 0 fully saturated rings. The van der Waals surface area contributed by atoms with Crippen molar-refractivity contribution in [3.63, 3.8) is 0 Å². The van der Waals surface area contributed by atoms with Crippen LogP contribution in [0.3, 0.4) is 0 Å². The highest BCUT2D eigenvalue weighted by atomic mass is 35.5. The van der Waals surface area contributed by atoms with Gasteiger partial charge in [-0.2, -0.15) is 0 Å². The second-order valence-electron chi connectivity index (χ2n) is 3.39. The molecule has 4 heteroatoms. The fourth-order valence-electron chi connectivity index (χ4n) is 1.36. The summed E-state index contributed by atoms with van der Waals surface area (Å²) in [5.41, 5.74) is 1.02. The number of nitrogens with one attached hydrogen (secondary N) is 1. The van der Waals surface area contributed by atoms with Crippen LogP contribution in [0.4, 0.5) is 5.69 Å². The first kappa shape index (κ1) is 12.0. The number of anilines is 1. The Hall–Kier alpha value is -1.51. The summed E-state index contributed by atoms with van der Waals surface area (Å²) >= 11 is 11.7. The Balaban J connectivity index is 2.19. The largest absolute Gasteiger partial charge is 0.322 e. The summed E-state index contributed by atoms with van der Waals surface area (Å²) in [6.45, 7) is 0. The summed E-state index contributed by atoms with van der Waals surface area (Å²) in [6.07, 6.45) is 0. The van der Waals surface area contributed by atoms with Crippen molar-refractivity contribution >= 4 is 34.8 Å². The van der Waals surface area contributed by atoms with E-state index in [9.17, 15) is 4.79 Å². The second kappa shape index (κ2) is 5.21. The number of benzene rings is 2. The standard InChI is InChI=1S/C13H8Cl2NO/c14-10-6-11(15)8-12(7-10)16-13(17)9-4-2-1-3-5-9/h1-4,6-8H,(H,16,17). The summed E-state index contributed by atoms with van der Waals surface area (Å²) in [7, 11) is 0. The Morgan fingerprint density at radius 1 is 1.12 bits per heavy atom. The minimum atomic E-state index is -0.246. The zero-order chi connectivity index (χ0) is 12.3. The van der Waals surface area contributed by atoms with E-state index in [-0.39, 0.29) is 5.91 Å². The Kier molecular flexibility index (Phi) is 3.67. The smallest absolute Gasteiger partial charge is 0.256 e. The van der Waals surface area contributed by atoms with Gasteiger partial charge < -0.3 is 5.32 Å². The molecule has 0 aliphatic heterocycles. The monoisotopic (exact) mass is 264 g/mol. The molecule has 1 N–H and O–H groups in total. The van der Waals surface area contributed by atoms with E-state index in [0.717, 1.165) is 0 Å². The lowest BCUT2D eigenvalue weighted by Gasteiger charge is -2.05. The van der Waals surface area contributed by atoms with Gasteiger partial charge in [0.1, 0.15) is 0 Å². The topological polar surface area (TPSA) is 29.1 Å². The van der Waals surface area contributed by atoms with Gasteiger partial charge in [0.25, 0.3) is 5.91 Å². The van der Waals surface area contributed by atoms with Gasteiger partial charge in [0.15, 0.2) is 0 Å². The lowest BCUT2D eigenvalue weighted by atomic mass is 10.2. The molecular formula is C13H8Cl2NO. The van der Waals surface area contributed by atoms with E-state index in [4.69, 9.17) is 23.2 Å². The molecule has 0 saturated heterocycles. The lowest BCUT2D eigenvalue weighted by molar-refractivity contribution is 0.102. The van der Waals surface area contributed by atoms with E-state index in [1.54, 1.807) is 42.5 Å². The molecule has 0 aliphatic carbocycles. The average molecular weight is 265 g/mol. The quantitative estimate of drug-likeness (QED) is 0.872. The van der Waals surface area contributed by atoms with Gasteiger partial charge >= 0.3 is 0 Å². The van der Waals surface area contributed by atoms with Crippen LogP contribution in [-0.4, -0.2) is 5.91 Å². The first-order valence-corrected chi connectivity index (χ1v) is 5.65. The van der Waals surface area contributed by atoms with Crippen LogP contribution in [0.15, 0.2) is 42.5 Å². The third-order valence-corrected chi connectivity index (χ3v) is 2.51. The Labute approximate surface area is 109 Å². The summed E-state index contributed by atoms with van der Waals surface area (Å²) in [4.78, 5) is 11.8. The number of amides is 1. The summed E-state index contributed by atoms with van der Waals surface area (Å²) in [5.74, 6) is -0.246. The van der Waals surface area contributed by atoms with E-state index in [0.29, 0.717) is 21.3 Å². The normalized spacial score (nSPS) is 10.0. The van der Waals surface area contributed by atoms with E-state index in [1.807, 2.05) is 0 Å². The molecule has 0 aromatic heterocycles. The number of halogens is 2. The molecule has 0 bridgehead atoms. The highest BCUT2D eigenvalue weighted by molar-refractivity contribution is 6.35. The van der Waals surface area contributed by atoms with Crippen molar-refractivity contribution in [3.05, 3.63) is 64.1 Å². The fraction of sp³-hybridized carbons (Fsp3) is 0. The van der Waals surface area contributed by atoms with Crippen LogP contribution in [0, 0.1) is 6.07 Å². The molecule has 1 radical (unpaired) electrons. The van der Waals surface area contributed by atoms with Crippen LogP contribution in [0.1, 0.15) is 10.4 Å². The molecule has 85 valence electrons. The molecule has 2 nitrogen and oxygen atoms in total. The van der Waals surface area contributed by atoms with Crippen molar-refractivity contribution in [3.8, 4) is 0 Å². The van der Waals surface area contributed by atoms with E-state index >= 15 is 0 Å². The Morgan fingerprint density at radius 2 is 1.82 bits per heavy atom. The van der Waals surface area contributed by atoms with Crippen LogP contribution < -0.4 is 5.32 Å². The van der Waals surface area contributed by atoms with Crippen molar-refractivity contribution in [2.75, 3.05) is 5.32 Å². The summed E-state index contributed by atoms with van der Waals surface area (Å²) < 4.78 is 0. The predicted molar refractivity (Wildman–Crippen MR) is 69.7 cm³/mol. The highest BCUT2D eigenvalue weighted by Gasteiger charge is 2.06. The van der Waals surface area contributed by atoms with E-state index in [2.05, 4.69) is 11.4 Å². The molecule has 0 unspecified atom stereocenters. The van der Waals surface area contributed by atoms with Crippen molar-refractivity contribution in [1.29, 1.82) is 0 Å². The van der Waals surface area contributed by atoms with Gasteiger partial charge in [0.2, 0.25) is 0 Å². The van der Waals surface area contributed by atoms with Gasteiger partial charge in [-0.05, 0) is 30.3 Å². The zero-order valence-corrected chi connectivity index (χ0v) is 10.2. The third kappa shape index (κ3) is 3.22. The number of hydrogen-bond acceptors (Lipinski definition) is 1. The van der Waals surface area contributed by atoms with Crippen LogP contribution in [0.5, 0.6) is 0 Å². The molecule has 0 atom stereocenters. The van der Waals surface area contributed by atoms with Gasteiger partial charge in [-0.25, -0.2) is 0 Å². The van der Waals surface area contributed by atoms with Gasteiger partial charge in [0, 0.05) is 21.3 Å².